The monoisotopic (exact) mass is 463 g/mol. The average Bonchev–Trinajstić information content (AvgIpc) is 3.18. The first-order valence-electron chi connectivity index (χ1n) is 10.4. The van der Waals surface area contributed by atoms with E-state index >= 15 is 0 Å². The van der Waals surface area contributed by atoms with Crippen molar-refractivity contribution in [2.45, 2.75) is 49.5 Å². The van der Waals surface area contributed by atoms with E-state index in [0.29, 0.717) is 29.4 Å². The lowest BCUT2D eigenvalue weighted by atomic mass is 9.96. The number of amides is 2. The number of halogens is 1. The molecule has 4 rings (SSSR count). The summed E-state index contributed by atoms with van der Waals surface area (Å²) >= 11 is 6.09. The maximum atomic E-state index is 12.9. The smallest absolute Gasteiger partial charge is 0.322 e. The number of benzene rings is 2. The summed E-state index contributed by atoms with van der Waals surface area (Å²) in [6, 6.07) is 9.69. The van der Waals surface area contributed by atoms with E-state index in [-0.39, 0.29) is 17.0 Å². The van der Waals surface area contributed by atoms with Crippen molar-refractivity contribution in [1.82, 2.24) is 5.32 Å². The van der Waals surface area contributed by atoms with Crippen molar-refractivity contribution in [2.75, 3.05) is 23.3 Å². The molecule has 1 aliphatic heterocycles. The number of carbonyl (C=O) groups excluding carboxylic acids is 1. The van der Waals surface area contributed by atoms with Gasteiger partial charge in [0.05, 0.1) is 22.7 Å². The highest BCUT2D eigenvalue weighted by Crippen LogP contribution is 2.32. The summed E-state index contributed by atoms with van der Waals surface area (Å²) in [6.45, 7) is 0.541. The predicted molar refractivity (Wildman–Crippen MR) is 122 cm³/mol. The third kappa shape index (κ3) is 4.75. The van der Waals surface area contributed by atoms with Crippen LogP contribution < -0.4 is 19.7 Å². The summed E-state index contributed by atoms with van der Waals surface area (Å²) in [7, 11) is -2.31. The molecule has 0 aromatic heterocycles. The number of ether oxygens (including phenoxy) is 1. The van der Waals surface area contributed by atoms with E-state index in [1.165, 1.54) is 25.7 Å². The van der Waals surface area contributed by atoms with Gasteiger partial charge in [-0.05, 0) is 61.2 Å². The van der Waals surface area contributed by atoms with Crippen LogP contribution in [0.4, 0.5) is 16.2 Å². The number of urea groups is 1. The number of carbonyl (C=O) groups is 1. The molecule has 0 radical (unpaired) electrons. The third-order valence-electron chi connectivity index (χ3n) is 5.84. The molecule has 0 unspecified atom stereocenters. The fraction of sp³-hybridized carbons (Fsp3) is 0.409. The van der Waals surface area contributed by atoms with Crippen molar-refractivity contribution in [3.8, 4) is 5.75 Å². The zero-order valence-corrected chi connectivity index (χ0v) is 18.9. The van der Waals surface area contributed by atoms with Gasteiger partial charge in [-0.2, -0.15) is 0 Å². The molecule has 166 valence electrons. The van der Waals surface area contributed by atoms with Crippen LogP contribution in [0.5, 0.6) is 5.75 Å². The largest absolute Gasteiger partial charge is 0.495 e. The zero-order chi connectivity index (χ0) is 22.0. The first-order valence-corrected chi connectivity index (χ1v) is 12.3. The molecule has 0 saturated heterocycles. The summed E-state index contributed by atoms with van der Waals surface area (Å²) < 4.78 is 33.4. The number of hydrogen-bond donors (Lipinski definition) is 2. The van der Waals surface area contributed by atoms with Crippen molar-refractivity contribution in [3.63, 3.8) is 0 Å². The molecule has 2 aliphatic rings. The molecule has 2 N–H and O–H groups in total. The van der Waals surface area contributed by atoms with Crippen LogP contribution >= 0.6 is 11.6 Å². The van der Waals surface area contributed by atoms with Crippen molar-refractivity contribution in [1.29, 1.82) is 0 Å². The van der Waals surface area contributed by atoms with Crippen molar-refractivity contribution in [3.05, 3.63) is 47.0 Å². The maximum absolute atomic E-state index is 12.9. The van der Waals surface area contributed by atoms with E-state index in [1.54, 1.807) is 29.2 Å². The standard InChI is InChI=1S/C22H26ClN3O4S/c1-30-21-10-7-17(14-19(21)23)25-31(28,29)18-8-9-20-15(13-18)11-12-26(20)22(27)24-16-5-3-2-4-6-16/h7-10,13-14,16,25H,2-6,11-12H2,1H3,(H,24,27). The van der Waals surface area contributed by atoms with Crippen LogP contribution in [0.2, 0.25) is 5.02 Å². The number of nitrogens with one attached hydrogen (secondary N) is 2. The van der Waals surface area contributed by atoms with Gasteiger partial charge in [0.15, 0.2) is 0 Å². The second-order valence-corrected chi connectivity index (χ2v) is 10.0. The van der Waals surface area contributed by atoms with E-state index in [1.807, 2.05) is 0 Å². The first kappa shape index (κ1) is 21.8. The second-order valence-electron chi connectivity index (χ2n) is 7.93. The molecule has 9 heteroatoms. The topological polar surface area (TPSA) is 87.7 Å². The van der Waals surface area contributed by atoms with Crippen LogP contribution in [0, 0.1) is 0 Å². The number of nitrogens with zero attached hydrogens (tertiary/aromatic N) is 1. The Balaban J connectivity index is 1.49. The van der Waals surface area contributed by atoms with Crippen LogP contribution in [0.25, 0.3) is 0 Å². The van der Waals surface area contributed by atoms with Crippen LogP contribution in [-0.4, -0.2) is 34.1 Å². The Morgan fingerprint density at radius 3 is 2.61 bits per heavy atom. The number of sulfonamides is 1. The Labute approximate surface area is 187 Å². The van der Waals surface area contributed by atoms with Gasteiger partial charge >= 0.3 is 6.03 Å². The SMILES string of the molecule is COc1ccc(NS(=O)(=O)c2ccc3c(c2)CCN3C(=O)NC2CCCCC2)cc1Cl. The minimum absolute atomic E-state index is 0.104. The molecule has 1 heterocycles. The van der Waals surface area contributed by atoms with Gasteiger partial charge < -0.3 is 10.1 Å². The molecule has 0 atom stereocenters. The molecule has 7 nitrogen and oxygen atoms in total. The summed E-state index contributed by atoms with van der Waals surface area (Å²) in [4.78, 5) is 14.6. The Bertz CT molecular complexity index is 1080. The molecule has 31 heavy (non-hydrogen) atoms. The highest BCUT2D eigenvalue weighted by Gasteiger charge is 2.28. The molecule has 1 aliphatic carbocycles. The molecule has 1 fully saturated rings. The quantitative estimate of drug-likeness (QED) is 0.680. The predicted octanol–water partition coefficient (Wildman–Crippen LogP) is 4.55. The fourth-order valence-electron chi connectivity index (χ4n) is 4.20. The highest BCUT2D eigenvalue weighted by molar-refractivity contribution is 7.92. The lowest BCUT2D eigenvalue weighted by molar-refractivity contribution is 0.238. The summed E-state index contributed by atoms with van der Waals surface area (Å²) in [5.41, 5.74) is 1.95. The van der Waals surface area contributed by atoms with Gasteiger partial charge in [-0.25, -0.2) is 13.2 Å². The number of methoxy groups -OCH3 is 1. The Morgan fingerprint density at radius 1 is 1.13 bits per heavy atom. The molecule has 2 aromatic carbocycles. The van der Waals surface area contributed by atoms with E-state index in [9.17, 15) is 13.2 Å². The van der Waals surface area contributed by atoms with Crippen LogP contribution in [0.15, 0.2) is 41.3 Å². The lowest BCUT2D eigenvalue weighted by Gasteiger charge is -2.26. The molecule has 0 spiro atoms. The van der Waals surface area contributed by atoms with Crippen LogP contribution in [0.1, 0.15) is 37.7 Å². The fourth-order valence-corrected chi connectivity index (χ4v) is 5.56. The molecule has 2 amide bonds. The van der Waals surface area contributed by atoms with Gasteiger partial charge in [-0.1, -0.05) is 30.9 Å². The first-order chi connectivity index (χ1) is 14.9. The third-order valence-corrected chi connectivity index (χ3v) is 7.51. The number of hydrogen-bond acceptors (Lipinski definition) is 4. The maximum Gasteiger partial charge on any atom is 0.322 e. The van der Waals surface area contributed by atoms with Crippen LogP contribution in [0.3, 0.4) is 0 Å². The van der Waals surface area contributed by atoms with E-state index in [4.69, 9.17) is 16.3 Å². The van der Waals surface area contributed by atoms with E-state index in [2.05, 4.69) is 10.0 Å². The van der Waals surface area contributed by atoms with Gasteiger partial charge in [0.25, 0.3) is 10.0 Å². The van der Waals surface area contributed by atoms with Crippen LogP contribution in [-0.2, 0) is 16.4 Å². The second kappa shape index (κ2) is 8.96. The molecular formula is C22H26ClN3O4S. The van der Waals surface area contributed by atoms with Gasteiger partial charge in [0, 0.05) is 18.3 Å². The minimum Gasteiger partial charge on any atom is -0.495 e. The molecule has 0 bridgehead atoms. The summed E-state index contributed by atoms with van der Waals surface area (Å²) in [5.74, 6) is 0.466. The van der Waals surface area contributed by atoms with Gasteiger partial charge in [0.2, 0.25) is 0 Å². The lowest BCUT2D eigenvalue weighted by Crippen LogP contribution is -2.45. The summed E-state index contributed by atoms with van der Waals surface area (Å²) in [5, 5.41) is 3.44. The van der Waals surface area contributed by atoms with Crippen molar-refractivity contribution in [2.24, 2.45) is 0 Å². The number of rotatable bonds is 5. The van der Waals surface area contributed by atoms with E-state index < -0.39 is 10.0 Å². The van der Waals surface area contributed by atoms with Crippen molar-refractivity contribution < 1.29 is 17.9 Å². The Morgan fingerprint density at radius 2 is 1.90 bits per heavy atom. The Hall–Kier alpha value is -2.45. The average molecular weight is 464 g/mol. The minimum atomic E-state index is -3.80. The van der Waals surface area contributed by atoms with E-state index in [0.717, 1.165) is 36.9 Å². The number of fused-ring (bicyclic) bond motifs is 1. The number of anilines is 2. The highest BCUT2D eigenvalue weighted by atomic mass is 35.5. The van der Waals surface area contributed by atoms with Gasteiger partial charge in [-0.3, -0.25) is 9.62 Å². The molecular weight excluding hydrogens is 438 g/mol. The van der Waals surface area contributed by atoms with Gasteiger partial charge in [-0.15, -0.1) is 0 Å². The van der Waals surface area contributed by atoms with Crippen molar-refractivity contribution >= 4 is 39.0 Å². The van der Waals surface area contributed by atoms with Gasteiger partial charge in [0.1, 0.15) is 5.75 Å². The molecule has 2 aromatic rings. The summed E-state index contributed by atoms with van der Waals surface area (Å²) in [6.07, 6.45) is 6.18. The Kier molecular flexibility index (Phi) is 6.29. The zero-order valence-electron chi connectivity index (χ0n) is 17.4. The molecule has 1 saturated carbocycles. The normalized spacial score (nSPS) is 16.6.